The van der Waals surface area contributed by atoms with Crippen molar-refractivity contribution in [1.82, 2.24) is 0 Å². The van der Waals surface area contributed by atoms with Crippen LogP contribution >= 0.6 is 0 Å². The highest BCUT2D eigenvalue weighted by atomic mass is 32.2. The van der Waals surface area contributed by atoms with Crippen molar-refractivity contribution >= 4 is 15.8 Å². The van der Waals surface area contributed by atoms with Gasteiger partial charge in [-0.25, -0.2) is 13.2 Å². The van der Waals surface area contributed by atoms with Gasteiger partial charge in [0.05, 0.1) is 11.5 Å². The minimum Gasteiger partial charge on any atom is -0.505 e. The van der Waals surface area contributed by atoms with E-state index in [2.05, 4.69) is 11.8 Å². The smallest absolute Gasteiger partial charge is 0.377 e. The first-order chi connectivity index (χ1) is 11.8. The molecule has 134 valence electrons. The highest BCUT2D eigenvalue weighted by Crippen LogP contribution is 2.22. The van der Waals surface area contributed by atoms with Crippen molar-refractivity contribution in [2.75, 3.05) is 5.75 Å². The summed E-state index contributed by atoms with van der Waals surface area (Å²) >= 11 is 0. The molecule has 1 atom stereocenters. The fourth-order valence-corrected chi connectivity index (χ4v) is 3.93. The molecule has 0 bridgehead atoms. The molecule has 25 heavy (non-hydrogen) atoms. The SMILES string of the molecule is CCCS(=O)(=O)Cc1ccccc1C#CCCC1OC(=O)C(O)=C1O. The Morgan fingerprint density at radius 1 is 1.24 bits per heavy atom. The van der Waals surface area contributed by atoms with Gasteiger partial charge in [0.1, 0.15) is 0 Å². The summed E-state index contributed by atoms with van der Waals surface area (Å²) in [5, 5.41) is 18.8. The number of hydrogen-bond acceptors (Lipinski definition) is 6. The van der Waals surface area contributed by atoms with Crippen molar-refractivity contribution in [3.63, 3.8) is 0 Å². The Balaban J connectivity index is 2.03. The number of aliphatic hydroxyl groups is 2. The molecular formula is C18H20O6S. The molecule has 0 aromatic heterocycles. The second-order valence-electron chi connectivity index (χ2n) is 5.72. The largest absolute Gasteiger partial charge is 0.505 e. The third kappa shape index (κ3) is 5.00. The molecule has 0 fully saturated rings. The number of hydrogen-bond donors (Lipinski definition) is 2. The fourth-order valence-electron chi connectivity index (χ4n) is 2.44. The molecule has 7 heteroatoms. The van der Waals surface area contributed by atoms with Crippen molar-refractivity contribution in [1.29, 1.82) is 0 Å². The molecule has 1 aliphatic heterocycles. The summed E-state index contributed by atoms with van der Waals surface area (Å²) in [7, 11) is -3.16. The molecule has 6 nitrogen and oxygen atoms in total. The minimum absolute atomic E-state index is 0.0523. The van der Waals surface area contributed by atoms with Gasteiger partial charge in [-0.15, -0.1) is 0 Å². The van der Waals surface area contributed by atoms with Gasteiger partial charge in [-0.05, 0) is 18.1 Å². The number of ether oxygens (including phenoxy) is 1. The Morgan fingerprint density at radius 2 is 1.96 bits per heavy atom. The van der Waals surface area contributed by atoms with E-state index >= 15 is 0 Å². The van der Waals surface area contributed by atoms with E-state index in [0.29, 0.717) is 24.0 Å². The van der Waals surface area contributed by atoms with Crippen LogP contribution in [0.1, 0.15) is 37.3 Å². The van der Waals surface area contributed by atoms with Gasteiger partial charge in [0, 0.05) is 18.4 Å². The van der Waals surface area contributed by atoms with Crippen LogP contribution in [0.25, 0.3) is 0 Å². The van der Waals surface area contributed by atoms with Crippen LogP contribution < -0.4 is 0 Å². The van der Waals surface area contributed by atoms with Gasteiger partial charge >= 0.3 is 5.97 Å². The summed E-state index contributed by atoms with van der Waals surface area (Å²) in [6.07, 6.45) is 0.234. The van der Waals surface area contributed by atoms with Crippen LogP contribution in [0, 0.1) is 11.8 Å². The molecule has 0 saturated heterocycles. The van der Waals surface area contributed by atoms with E-state index < -0.39 is 33.4 Å². The van der Waals surface area contributed by atoms with Crippen LogP contribution in [0.3, 0.4) is 0 Å². The van der Waals surface area contributed by atoms with Crippen LogP contribution in [0.2, 0.25) is 0 Å². The summed E-state index contributed by atoms with van der Waals surface area (Å²) in [6.45, 7) is 1.82. The average Bonchev–Trinajstić information content (AvgIpc) is 2.79. The lowest BCUT2D eigenvalue weighted by Crippen LogP contribution is -2.11. The van der Waals surface area contributed by atoms with Gasteiger partial charge in [-0.1, -0.05) is 37.0 Å². The molecule has 2 rings (SSSR count). The highest BCUT2D eigenvalue weighted by Gasteiger charge is 2.33. The number of sulfone groups is 1. The third-order valence-electron chi connectivity index (χ3n) is 3.65. The van der Waals surface area contributed by atoms with E-state index in [-0.39, 0.29) is 17.9 Å². The summed E-state index contributed by atoms with van der Waals surface area (Å²) in [5.41, 5.74) is 1.28. The van der Waals surface area contributed by atoms with Crippen LogP contribution in [0.15, 0.2) is 35.8 Å². The first kappa shape index (κ1) is 18.9. The number of benzene rings is 1. The van der Waals surface area contributed by atoms with E-state index in [1.165, 1.54) is 0 Å². The zero-order valence-corrected chi connectivity index (χ0v) is 14.7. The zero-order valence-electron chi connectivity index (χ0n) is 13.9. The molecule has 0 amide bonds. The van der Waals surface area contributed by atoms with E-state index in [1.807, 2.05) is 6.92 Å². The molecule has 0 saturated carbocycles. The van der Waals surface area contributed by atoms with Crippen molar-refractivity contribution < 1.29 is 28.2 Å². The maximum Gasteiger partial charge on any atom is 0.377 e. The lowest BCUT2D eigenvalue weighted by molar-refractivity contribution is -0.142. The number of aliphatic hydroxyl groups excluding tert-OH is 2. The van der Waals surface area contributed by atoms with Gasteiger partial charge in [0.25, 0.3) is 0 Å². The van der Waals surface area contributed by atoms with Crippen molar-refractivity contribution in [3.05, 3.63) is 46.9 Å². The van der Waals surface area contributed by atoms with Gasteiger partial charge < -0.3 is 14.9 Å². The van der Waals surface area contributed by atoms with E-state index in [1.54, 1.807) is 24.3 Å². The summed E-state index contributed by atoms with van der Waals surface area (Å²) in [4.78, 5) is 11.1. The predicted octanol–water partition coefficient (Wildman–Crippen LogP) is 2.40. The average molecular weight is 364 g/mol. The minimum atomic E-state index is -3.16. The lowest BCUT2D eigenvalue weighted by atomic mass is 10.1. The number of carbonyl (C=O) groups excluding carboxylic acids is 1. The molecule has 0 spiro atoms. The molecule has 0 radical (unpaired) electrons. The Labute approximate surface area is 147 Å². The fraction of sp³-hybridized carbons (Fsp3) is 0.389. The topological polar surface area (TPSA) is 101 Å². The Kier molecular flexibility index (Phi) is 6.10. The molecule has 1 aromatic carbocycles. The predicted molar refractivity (Wildman–Crippen MR) is 92.5 cm³/mol. The van der Waals surface area contributed by atoms with Crippen LogP contribution in [-0.4, -0.2) is 36.5 Å². The molecule has 1 aromatic rings. The number of rotatable bonds is 6. The van der Waals surface area contributed by atoms with E-state index in [0.717, 1.165) is 0 Å². The monoisotopic (exact) mass is 364 g/mol. The third-order valence-corrected chi connectivity index (χ3v) is 5.43. The molecule has 2 N–H and O–H groups in total. The second-order valence-corrected chi connectivity index (χ2v) is 7.90. The van der Waals surface area contributed by atoms with Gasteiger partial charge in [0.2, 0.25) is 5.76 Å². The second kappa shape index (κ2) is 8.08. The molecule has 1 unspecified atom stereocenters. The Bertz CT molecular complexity index is 842. The Morgan fingerprint density at radius 3 is 2.60 bits per heavy atom. The number of carbonyl (C=O) groups is 1. The first-order valence-corrected chi connectivity index (χ1v) is 9.76. The van der Waals surface area contributed by atoms with Crippen molar-refractivity contribution in [2.24, 2.45) is 0 Å². The summed E-state index contributed by atoms with van der Waals surface area (Å²) in [5.74, 6) is 3.72. The Hall–Kier alpha value is -2.46. The quantitative estimate of drug-likeness (QED) is 0.594. The standard InChI is InChI=1S/C18H20O6S/c1-2-11-25(22,23)12-14-9-4-3-7-13(14)8-5-6-10-15-16(19)17(20)18(21)24-15/h3-4,7,9,15,19-20H,2,6,10-12H2,1H3. The summed E-state index contributed by atoms with van der Waals surface area (Å²) < 4.78 is 28.8. The lowest BCUT2D eigenvalue weighted by Gasteiger charge is -2.07. The normalized spacial score (nSPS) is 17.2. The van der Waals surface area contributed by atoms with Gasteiger partial charge in [-0.3, -0.25) is 0 Å². The van der Waals surface area contributed by atoms with Crippen LogP contribution in [-0.2, 0) is 25.1 Å². The van der Waals surface area contributed by atoms with Crippen LogP contribution in [0.5, 0.6) is 0 Å². The number of cyclic esters (lactones) is 1. The first-order valence-electron chi connectivity index (χ1n) is 7.94. The maximum atomic E-state index is 12.0. The molecule has 1 aliphatic rings. The maximum absolute atomic E-state index is 12.0. The van der Waals surface area contributed by atoms with Crippen molar-refractivity contribution in [3.8, 4) is 11.8 Å². The van der Waals surface area contributed by atoms with Crippen LogP contribution in [0.4, 0.5) is 0 Å². The molecular weight excluding hydrogens is 344 g/mol. The zero-order chi connectivity index (χ0) is 18.4. The molecule has 1 heterocycles. The molecule has 0 aliphatic carbocycles. The van der Waals surface area contributed by atoms with E-state index in [9.17, 15) is 23.4 Å². The van der Waals surface area contributed by atoms with Gasteiger partial charge in [-0.2, -0.15) is 0 Å². The van der Waals surface area contributed by atoms with E-state index in [4.69, 9.17) is 4.74 Å². The van der Waals surface area contributed by atoms with Crippen molar-refractivity contribution in [2.45, 2.75) is 38.0 Å². The van der Waals surface area contributed by atoms with Gasteiger partial charge in [0.15, 0.2) is 21.7 Å². The highest BCUT2D eigenvalue weighted by molar-refractivity contribution is 7.90. The summed E-state index contributed by atoms with van der Waals surface area (Å²) in [6, 6.07) is 7.04. The number of esters is 1.